The average molecular weight is 387 g/mol. The first-order valence-electron chi connectivity index (χ1n) is 9.58. The third-order valence-corrected chi connectivity index (χ3v) is 4.57. The minimum atomic E-state index is -0.450. The van der Waals surface area contributed by atoms with Crippen LogP contribution >= 0.6 is 0 Å². The summed E-state index contributed by atoms with van der Waals surface area (Å²) < 4.78 is 25.1. The Labute approximate surface area is 165 Å². The van der Waals surface area contributed by atoms with E-state index in [9.17, 15) is 9.18 Å². The van der Waals surface area contributed by atoms with Gasteiger partial charge in [0.15, 0.2) is 0 Å². The fraction of sp³-hybridized carbons (Fsp3) is 0.381. The largest absolute Gasteiger partial charge is 0.492 e. The first-order valence-corrected chi connectivity index (χ1v) is 9.58. The molecule has 0 atom stereocenters. The smallest absolute Gasteiger partial charge is 0.429 e. The standard InChI is InChI=1S/C21H26FN3O3/c1-3-27-20-12-8-7-11-19(20)25(21(26)28-4-2)24-15-13-23(14-16-24)18-10-6-5-9-17(18)22/h5-12H,3-4,13-16H2,1-2H3. The minimum absolute atomic E-state index is 0.236. The molecule has 3 rings (SSSR count). The number of amides is 1. The highest BCUT2D eigenvalue weighted by atomic mass is 19.1. The van der Waals surface area contributed by atoms with Crippen LogP contribution in [-0.4, -0.2) is 50.5 Å². The summed E-state index contributed by atoms with van der Waals surface area (Å²) in [5.74, 6) is 0.384. The Morgan fingerprint density at radius 3 is 2.36 bits per heavy atom. The van der Waals surface area contributed by atoms with E-state index in [1.807, 2.05) is 47.2 Å². The van der Waals surface area contributed by atoms with Crippen molar-refractivity contribution < 1.29 is 18.7 Å². The van der Waals surface area contributed by atoms with Crippen LogP contribution in [0.5, 0.6) is 5.75 Å². The van der Waals surface area contributed by atoms with E-state index in [1.165, 1.54) is 11.1 Å². The Balaban J connectivity index is 1.81. The van der Waals surface area contributed by atoms with Crippen LogP contribution < -0.4 is 14.6 Å². The van der Waals surface area contributed by atoms with Crippen LogP contribution in [0.1, 0.15) is 13.8 Å². The van der Waals surface area contributed by atoms with Crippen molar-refractivity contribution >= 4 is 17.5 Å². The van der Waals surface area contributed by atoms with Crippen molar-refractivity contribution in [2.24, 2.45) is 0 Å². The number of halogens is 1. The third kappa shape index (κ3) is 4.36. The van der Waals surface area contributed by atoms with Gasteiger partial charge in [-0.3, -0.25) is 0 Å². The van der Waals surface area contributed by atoms with Gasteiger partial charge in [-0.25, -0.2) is 19.2 Å². The molecular weight excluding hydrogens is 361 g/mol. The van der Waals surface area contributed by atoms with Crippen molar-refractivity contribution in [2.75, 3.05) is 49.3 Å². The van der Waals surface area contributed by atoms with Crippen molar-refractivity contribution in [2.45, 2.75) is 13.8 Å². The number of anilines is 2. The predicted octanol–water partition coefficient (Wildman–Crippen LogP) is 3.92. The van der Waals surface area contributed by atoms with Gasteiger partial charge in [0.05, 0.1) is 18.9 Å². The molecule has 0 aliphatic carbocycles. The highest BCUT2D eigenvalue weighted by Gasteiger charge is 2.30. The molecule has 1 heterocycles. The van der Waals surface area contributed by atoms with Gasteiger partial charge in [0.2, 0.25) is 0 Å². The molecule has 0 unspecified atom stereocenters. The van der Waals surface area contributed by atoms with Crippen LogP contribution in [-0.2, 0) is 4.74 Å². The fourth-order valence-corrected chi connectivity index (χ4v) is 3.31. The zero-order valence-electron chi connectivity index (χ0n) is 16.3. The normalized spacial score (nSPS) is 14.6. The van der Waals surface area contributed by atoms with Gasteiger partial charge in [-0.15, -0.1) is 0 Å². The van der Waals surface area contributed by atoms with Crippen LogP contribution in [0, 0.1) is 5.82 Å². The molecule has 0 spiro atoms. The summed E-state index contributed by atoms with van der Waals surface area (Å²) in [6, 6.07) is 14.2. The lowest BCUT2D eigenvalue weighted by molar-refractivity contribution is 0.130. The van der Waals surface area contributed by atoms with Gasteiger partial charge in [0.25, 0.3) is 0 Å². The summed E-state index contributed by atoms with van der Waals surface area (Å²) >= 11 is 0. The molecule has 28 heavy (non-hydrogen) atoms. The molecule has 1 aliphatic rings. The van der Waals surface area contributed by atoms with E-state index < -0.39 is 6.09 Å². The Morgan fingerprint density at radius 1 is 1.00 bits per heavy atom. The summed E-state index contributed by atoms with van der Waals surface area (Å²) in [6.45, 7) is 6.73. The van der Waals surface area contributed by atoms with Crippen LogP contribution in [0.25, 0.3) is 0 Å². The molecule has 6 nitrogen and oxygen atoms in total. The average Bonchev–Trinajstić information content (AvgIpc) is 2.71. The summed E-state index contributed by atoms with van der Waals surface area (Å²) in [6.07, 6.45) is -0.450. The molecule has 1 amide bonds. The van der Waals surface area contributed by atoms with E-state index in [0.717, 1.165) is 0 Å². The van der Waals surface area contributed by atoms with Gasteiger partial charge in [-0.2, -0.15) is 0 Å². The van der Waals surface area contributed by atoms with Gasteiger partial charge in [0, 0.05) is 26.2 Å². The number of rotatable bonds is 6. The fourth-order valence-electron chi connectivity index (χ4n) is 3.31. The lowest BCUT2D eigenvalue weighted by Crippen LogP contribution is -2.56. The minimum Gasteiger partial charge on any atom is -0.492 e. The van der Waals surface area contributed by atoms with Gasteiger partial charge < -0.3 is 14.4 Å². The summed E-state index contributed by atoms with van der Waals surface area (Å²) in [5.41, 5.74) is 1.22. The number of piperazine rings is 1. The Kier molecular flexibility index (Phi) is 6.71. The molecule has 1 fully saturated rings. The van der Waals surface area contributed by atoms with Crippen LogP contribution in [0.4, 0.5) is 20.6 Å². The maximum Gasteiger partial charge on any atom is 0.429 e. The molecular formula is C21H26FN3O3. The van der Waals surface area contributed by atoms with Crippen molar-refractivity contribution in [1.82, 2.24) is 5.01 Å². The molecule has 1 saturated heterocycles. The van der Waals surface area contributed by atoms with E-state index in [1.54, 1.807) is 19.1 Å². The van der Waals surface area contributed by atoms with Gasteiger partial charge in [-0.1, -0.05) is 24.3 Å². The maximum atomic E-state index is 14.1. The van der Waals surface area contributed by atoms with E-state index in [-0.39, 0.29) is 12.4 Å². The Hall–Kier alpha value is -2.80. The molecule has 0 N–H and O–H groups in total. The third-order valence-electron chi connectivity index (χ3n) is 4.57. The molecule has 2 aromatic carbocycles. The number of ether oxygens (including phenoxy) is 2. The quantitative estimate of drug-likeness (QED) is 0.752. The monoisotopic (exact) mass is 387 g/mol. The molecule has 7 heteroatoms. The van der Waals surface area contributed by atoms with Crippen LogP contribution in [0.3, 0.4) is 0 Å². The number of para-hydroxylation sites is 3. The van der Waals surface area contributed by atoms with Gasteiger partial charge >= 0.3 is 6.09 Å². The molecule has 0 aromatic heterocycles. The number of hydrazine groups is 1. The Morgan fingerprint density at radius 2 is 1.68 bits per heavy atom. The first-order chi connectivity index (χ1) is 13.7. The second-order valence-electron chi connectivity index (χ2n) is 6.30. The number of benzene rings is 2. The van der Waals surface area contributed by atoms with E-state index in [4.69, 9.17) is 9.47 Å². The van der Waals surface area contributed by atoms with E-state index in [2.05, 4.69) is 0 Å². The highest BCUT2D eigenvalue weighted by Crippen LogP contribution is 2.31. The molecule has 0 saturated carbocycles. The molecule has 0 radical (unpaired) electrons. The second kappa shape index (κ2) is 9.41. The highest BCUT2D eigenvalue weighted by molar-refractivity contribution is 5.88. The lowest BCUT2D eigenvalue weighted by atomic mass is 10.2. The van der Waals surface area contributed by atoms with Gasteiger partial charge in [0.1, 0.15) is 17.3 Å². The SMILES string of the molecule is CCOC(=O)N(c1ccccc1OCC)N1CCN(c2ccccc2F)CC1. The van der Waals surface area contributed by atoms with Crippen LogP contribution in [0.2, 0.25) is 0 Å². The van der Waals surface area contributed by atoms with Crippen molar-refractivity contribution in [3.05, 3.63) is 54.3 Å². The topological polar surface area (TPSA) is 45.2 Å². The molecule has 1 aliphatic heterocycles. The molecule has 0 bridgehead atoms. The van der Waals surface area contributed by atoms with Crippen LogP contribution in [0.15, 0.2) is 48.5 Å². The number of hydrogen-bond donors (Lipinski definition) is 0. The first kappa shape index (κ1) is 19.9. The number of nitrogens with zero attached hydrogens (tertiary/aromatic N) is 3. The van der Waals surface area contributed by atoms with E-state index >= 15 is 0 Å². The van der Waals surface area contributed by atoms with Gasteiger partial charge in [-0.05, 0) is 38.1 Å². The van der Waals surface area contributed by atoms with E-state index in [0.29, 0.717) is 49.9 Å². The molecule has 2 aromatic rings. The van der Waals surface area contributed by atoms with Crippen molar-refractivity contribution in [1.29, 1.82) is 0 Å². The number of carbonyl (C=O) groups is 1. The Bertz CT molecular complexity index is 794. The summed E-state index contributed by atoms with van der Waals surface area (Å²) in [7, 11) is 0. The number of hydrogen-bond acceptors (Lipinski definition) is 5. The second-order valence-corrected chi connectivity index (χ2v) is 6.30. The van der Waals surface area contributed by atoms with Crippen molar-refractivity contribution in [3.63, 3.8) is 0 Å². The van der Waals surface area contributed by atoms with Crippen molar-refractivity contribution in [3.8, 4) is 5.75 Å². The molecule has 150 valence electrons. The predicted molar refractivity (Wildman–Crippen MR) is 107 cm³/mol. The zero-order valence-corrected chi connectivity index (χ0v) is 16.3. The summed E-state index contributed by atoms with van der Waals surface area (Å²) in [5, 5.41) is 3.46. The lowest BCUT2D eigenvalue weighted by Gasteiger charge is -2.41. The summed E-state index contributed by atoms with van der Waals surface area (Å²) in [4.78, 5) is 14.7. The zero-order chi connectivity index (χ0) is 19.9. The maximum absolute atomic E-state index is 14.1. The number of carbonyl (C=O) groups excluding carboxylic acids is 1.